The summed E-state index contributed by atoms with van der Waals surface area (Å²) >= 11 is 0. The van der Waals surface area contributed by atoms with Crippen molar-refractivity contribution in [2.75, 3.05) is 0 Å². The Morgan fingerprint density at radius 2 is 1.90 bits per heavy atom. The largest absolute Gasteiger partial charge is 0.372 e. The van der Waals surface area contributed by atoms with Gasteiger partial charge in [0.15, 0.2) is 0 Å². The van der Waals surface area contributed by atoms with Crippen LogP contribution in [0.2, 0.25) is 0 Å². The third-order valence-electron chi connectivity index (χ3n) is 0.469. The van der Waals surface area contributed by atoms with E-state index >= 15 is 0 Å². The summed E-state index contributed by atoms with van der Waals surface area (Å²) in [6.07, 6.45) is 0. The first kappa shape index (κ1) is 16.5. The molecule has 0 aliphatic carbocycles. The van der Waals surface area contributed by atoms with E-state index in [0.29, 0.717) is 0 Å². The summed E-state index contributed by atoms with van der Waals surface area (Å²) in [5, 5.41) is 0. The van der Waals surface area contributed by atoms with Crippen LogP contribution in [0.25, 0.3) is 0 Å². The first-order valence-electron chi connectivity index (χ1n) is 1.97. The van der Waals surface area contributed by atoms with Crippen LogP contribution in [0.1, 0.15) is 0 Å². The Labute approximate surface area is 90.0 Å². The standard InChI is InChI=1S/H10OP8.Pd/c1-4-9(6-3)8-7-5-2;/h1,4-8H,2-3H2;. The van der Waals surface area contributed by atoms with E-state index in [-0.39, 0.29) is 35.9 Å². The fraction of sp³-hybridized carbons (Fsp3) is 0. The van der Waals surface area contributed by atoms with Crippen molar-refractivity contribution in [2.45, 2.75) is 0 Å². The molecular weight excluding hydrogens is 370 g/mol. The molecule has 0 saturated carbocycles. The van der Waals surface area contributed by atoms with E-state index in [2.05, 4.69) is 17.9 Å². The molecule has 8 unspecified atom stereocenters. The quantitative estimate of drug-likeness (QED) is 0.566. The molecule has 1 nitrogen and oxygen atoms in total. The Morgan fingerprint density at radius 3 is 2.20 bits per heavy atom. The van der Waals surface area contributed by atoms with Crippen LogP contribution < -0.4 is 0 Å². The summed E-state index contributed by atoms with van der Waals surface area (Å²) < 4.78 is 0. The first-order valence-corrected chi connectivity index (χ1v) is 16.4. The summed E-state index contributed by atoms with van der Waals surface area (Å²) in [7, 11) is 9.83. The zero-order valence-electron chi connectivity index (χ0n) is 4.87. The molecule has 0 radical (unpaired) electrons. The summed E-state index contributed by atoms with van der Waals surface area (Å²) in [5.41, 5.74) is 0. The van der Waals surface area contributed by atoms with Gasteiger partial charge in [-0.05, 0) is 6.99 Å². The normalized spacial score (nSPS) is 18.3. The molecule has 0 aromatic heterocycles. The maximum Gasteiger partial charge on any atom is 0.0440 e. The van der Waals surface area contributed by atoms with Gasteiger partial charge < -0.3 is 4.89 Å². The van der Waals surface area contributed by atoms with E-state index in [9.17, 15) is 0 Å². The van der Waals surface area contributed by atoms with Gasteiger partial charge in [-0.25, -0.2) is 0 Å². The minimum Gasteiger partial charge on any atom is -0.372 e. The molecule has 8 atom stereocenters. The van der Waals surface area contributed by atoms with Crippen LogP contribution in [0.4, 0.5) is 0 Å². The molecule has 66 valence electrons. The Hall–Kier alpha value is 4.06. The van der Waals surface area contributed by atoms with Gasteiger partial charge >= 0.3 is 0 Å². The van der Waals surface area contributed by atoms with Crippen LogP contribution in [0.5, 0.6) is 0 Å². The molecular formula is H10OP8Pd. The van der Waals surface area contributed by atoms with E-state index in [1.165, 1.54) is 0 Å². The van der Waals surface area contributed by atoms with Gasteiger partial charge in [0, 0.05) is 28.9 Å². The molecule has 0 aliphatic heterocycles. The van der Waals surface area contributed by atoms with Gasteiger partial charge in [-0.2, -0.15) is 0 Å². The fourth-order valence-corrected chi connectivity index (χ4v) is 33.6. The molecule has 0 heterocycles. The minimum absolute atomic E-state index is 0. The average molecular weight is 380 g/mol. The first-order chi connectivity index (χ1) is 4.35. The minimum atomic E-state index is 0. The molecule has 0 rings (SSSR count). The molecule has 0 fully saturated rings. The molecule has 0 aromatic carbocycles. The van der Waals surface area contributed by atoms with Crippen molar-refractivity contribution in [3.8, 4) is 0 Å². The number of rotatable bonds is 5. The third kappa shape index (κ3) is 10.1. The molecule has 10 heavy (non-hydrogen) atoms. The smallest absolute Gasteiger partial charge is 0.0440 e. The fourth-order valence-electron chi connectivity index (χ4n) is 0.174. The second kappa shape index (κ2) is 13.1. The van der Waals surface area contributed by atoms with Crippen molar-refractivity contribution in [1.82, 2.24) is 0 Å². The average Bonchev–Trinajstić information content (AvgIpc) is 1.91. The van der Waals surface area contributed by atoms with E-state index < -0.39 is 0 Å². The molecule has 0 aromatic rings. The van der Waals surface area contributed by atoms with Gasteiger partial charge in [-0.15, -0.1) is 17.9 Å². The predicted octanol–water partition coefficient (Wildman–Crippen LogP) is 3.92. The van der Waals surface area contributed by atoms with Gasteiger partial charge in [0.2, 0.25) is 0 Å². The van der Waals surface area contributed by atoms with Crippen molar-refractivity contribution in [1.29, 1.82) is 0 Å². The van der Waals surface area contributed by atoms with E-state index in [1.807, 2.05) is 0 Å². The number of hydrogen-bond acceptors (Lipinski definition) is 1. The SMILES string of the molecule is OPP(PP)PPPP.[Pd]. The van der Waals surface area contributed by atoms with Crippen LogP contribution >= 0.6 is 65.2 Å². The van der Waals surface area contributed by atoms with Gasteiger partial charge in [0.05, 0.1) is 0 Å². The summed E-state index contributed by atoms with van der Waals surface area (Å²) in [5.74, 6) is 0. The molecule has 0 aliphatic rings. The van der Waals surface area contributed by atoms with Gasteiger partial charge in [-0.3, -0.25) is 0 Å². The Balaban J connectivity index is 0. The van der Waals surface area contributed by atoms with Gasteiger partial charge in [0.25, 0.3) is 0 Å². The Kier molecular flexibility index (Phi) is 21.5. The van der Waals surface area contributed by atoms with Crippen LogP contribution in [0, 0.1) is 0 Å². The van der Waals surface area contributed by atoms with E-state index in [0.717, 1.165) is 31.8 Å². The van der Waals surface area contributed by atoms with Gasteiger partial charge in [-0.1, -0.05) is 31.8 Å². The second-order valence-electron chi connectivity index (χ2n) is 0.946. The van der Waals surface area contributed by atoms with Crippen molar-refractivity contribution in [2.24, 2.45) is 0 Å². The summed E-state index contributed by atoms with van der Waals surface area (Å²) in [6, 6.07) is 0. The van der Waals surface area contributed by atoms with Crippen molar-refractivity contribution >= 4 is 65.2 Å². The maximum atomic E-state index is 8.81. The topological polar surface area (TPSA) is 20.2 Å². The van der Waals surface area contributed by atoms with Crippen LogP contribution in [0.3, 0.4) is 0 Å². The molecule has 0 saturated heterocycles. The molecule has 1 N–H and O–H groups in total. The van der Waals surface area contributed by atoms with Crippen LogP contribution in [0.15, 0.2) is 0 Å². The summed E-state index contributed by atoms with van der Waals surface area (Å²) in [4.78, 5) is 8.81. The molecule has 0 amide bonds. The second-order valence-corrected chi connectivity index (χ2v) is 23.7. The van der Waals surface area contributed by atoms with E-state index in [1.54, 1.807) is 0 Å². The van der Waals surface area contributed by atoms with Crippen LogP contribution in [-0.2, 0) is 20.4 Å². The van der Waals surface area contributed by atoms with Crippen molar-refractivity contribution in [3.05, 3.63) is 0 Å². The van der Waals surface area contributed by atoms with E-state index in [4.69, 9.17) is 4.89 Å². The van der Waals surface area contributed by atoms with Crippen molar-refractivity contribution < 1.29 is 25.3 Å². The van der Waals surface area contributed by atoms with Crippen LogP contribution in [-0.4, -0.2) is 4.89 Å². The third-order valence-corrected chi connectivity index (χ3v) is 32.6. The monoisotopic (exact) mass is 380 g/mol. The molecule has 0 bridgehead atoms. The summed E-state index contributed by atoms with van der Waals surface area (Å²) in [6.45, 7) is 0.0457. The van der Waals surface area contributed by atoms with Crippen molar-refractivity contribution in [3.63, 3.8) is 0 Å². The zero-order chi connectivity index (χ0) is 7.11. The van der Waals surface area contributed by atoms with Gasteiger partial charge in [0.1, 0.15) is 0 Å². The zero-order valence-corrected chi connectivity index (χ0v) is 14.6. The Bertz CT molecular complexity index is 53.2. The molecule has 0 spiro atoms. The predicted molar refractivity (Wildman–Crippen MR) is 70.1 cm³/mol. The molecule has 10 heteroatoms. The Morgan fingerprint density at radius 1 is 1.30 bits per heavy atom. The number of hydrogen-bond donors (Lipinski definition) is 1. The maximum absolute atomic E-state index is 8.81.